The minimum absolute atomic E-state index is 0.146. The van der Waals surface area contributed by atoms with Crippen LogP contribution in [0.2, 0.25) is 0 Å². The molecule has 1 aromatic heterocycles. The number of para-hydroxylation sites is 1. The number of ether oxygens (including phenoxy) is 1. The highest BCUT2D eigenvalue weighted by molar-refractivity contribution is 5.92. The number of amides is 1. The highest BCUT2D eigenvalue weighted by Crippen LogP contribution is 2.29. The molecule has 1 aliphatic heterocycles. The van der Waals surface area contributed by atoms with Crippen LogP contribution in [0.5, 0.6) is 5.75 Å². The Labute approximate surface area is 151 Å². The normalized spacial score (nSPS) is 16.6. The summed E-state index contributed by atoms with van der Waals surface area (Å²) < 4.78 is 7.46. The van der Waals surface area contributed by atoms with E-state index >= 15 is 0 Å². The third-order valence-electron chi connectivity index (χ3n) is 4.47. The van der Waals surface area contributed by atoms with Crippen molar-refractivity contribution in [1.82, 2.24) is 14.7 Å². The largest absolute Gasteiger partial charge is 0.478 e. The zero-order chi connectivity index (χ0) is 18.6. The molecule has 0 aliphatic carbocycles. The van der Waals surface area contributed by atoms with Crippen LogP contribution in [-0.4, -0.2) is 50.4 Å². The lowest BCUT2D eigenvalue weighted by Gasteiger charge is -2.38. The Morgan fingerprint density at radius 1 is 1.23 bits per heavy atom. The van der Waals surface area contributed by atoms with Gasteiger partial charge >= 0.3 is 5.97 Å². The number of carbonyl (C=O) groups excluding carboxylic acids is 1. The number of carboxylic acids is 1. The number of likely N-dealkylation sites (tertiary alicyclic amines) is 1. The number of aromatic nitrogens is 2. The third kappa shape index (κ3) is 3.93. The van der Waals surface area contributed by atoms with Crippen LogP contribution in [0.25, 0.3) is 6.08 Å². The maximum absolute atomic E-state index is 12.3. The summed E-state index contributed by atoms with van der Waals surface area (Å²) in [6, 6.07) is 8.91. The van der Waals surface area contributed by atoms with Gasteiger partial charge in [0.15, 0.2) is 0 Å². The Balaban J connectivity index is 1.63. The first kappa shape index (κ1) is 17.7. The molecular weight excluding hydrogens is 334 g/mol. The van der Waals surface area contributed by atoms with E-state index in [2.05, 4.69) is 5.10 Å². The number of aryl methyl sites for hydroxylation is 1. The molecule has 2 aromatic rings. The number of carboxylic acid groups (broad SMARTS) is 1. The molecule has 0 saturated carbocycles. The van der Waals surface area contributed by atoms with Crippen LogP contribution < -0.4 is 4.74 Å². The molecule has 7 nitrogen and oxygen atoms in total. The predicted molar refractivity (Wildman–Crippen MR) is 95.5 cm³/mol. The van der Waals surface area contributed by atoms with E-state index in [4.69, 9.17) is 4.74 Å². The van der Waals surface area contributed by atoms with E-state index < -0.39 is 11.6 Å². The van der Waals surface area contributed by atoms with E-state index in [1.165, 1.54) is 6.08 Å². The molecule has 0 unspecified atom stereocenters. The van der Waals surface area contributed by atoms with Gasteiger partial charge in [-0.3, -0.25) is 9.48 Å². The quantitative estimate of drug-likeness (QED) is 0.829. The van der Waals surface area contributed by atoms with Crippen molar-refractivity contribution in [1.29, 1.82) is 0 Å². The van der Waals surface area contributed by atoms with E-state index in [-0.39, 0.29) is 18.7 Å². The lowest BCUT2D eigenvalue weighted by Crippen LogP contribution is -2.54. The van der Waals surface area contributed by atoms with Gasteiger partial charge in [-0.15, -0.1) is 0 Å². The van der Waals surface area contributed by atoms with E-state index in [0.29, 0.717) is 18.8 Å². The average molecular weight is 355 g/mol. The molecule has 0 spiro atoms. The molecular formula is C19H21N3O4. The van der Waals surface area contributed by atoms with Crippen LogP contribution in [0, 0.1) is 0 Å². The Bertz CT molecular complexity index is 805. The van der Waals surface area contributed by atoms with Gasteiger partial charge in [0, 0.05) is 50.8 Å². The number of nitrogens with zero attached hydrogens (tertiary/aromatic N) is 3. The van der Waals surface area contributed by atoms with Crippen molar-refractivity contribution in [3.8, 4) is 5.75 Å². The molecule has 0 atom stereocenters. The number of hydrogen-bond acceptors (Lipinski definition) is 4. The summed E-state index contributed by atoms with van der Waals surface area (Å²) >= 11 is 0. The molecule has 1 aromatic carbocycles. The summed E-state index contributed by atoms with van der Waals surface area (Å²) in [6.45, 7) is 0.657. The lowest BCUT2D eigenvalue weighted by atomic mass is 9.91. The van der Waals surface area contributed by atoms with Gasteiger partial charge in [0.1, 0.15) is 5.75 Å². The van der Waals surface area contributed by atoms with Crippen molar-refractivity contribution >= 4 is 18.0 Å². The number of aliphatic carboxylic acids is 1. The molecule has 2 heterocycles. The van der Waals surface area contributed by atoms with Crippen molar-refractivity contribution < 1.29 is 19.4 Å². The summed E-state index contributed by atoms with van der Waals surface area (Å²) in [5.41, 5.74) is -0.462. The van der Waals surface area contributed by atoms with Gasteiger partial charge in [-0.1, -0.05) is 18.2 Å². The standard InChI is InChI=1S/C19H21N3O4/c1-21-14-15(13-20-21)7-8-17(23)22-11-9-19(10-12-22,18(24)25)26-16-5-3-2-4-6-16/h2-8,13-14H,9-12H2,1H3,(H,24,25)/b8-7+. The monoisotopic (exact) mass is 355 g/mol. The van der Waals surface area contributed by atoms with Crippen LogP contribution in [0.4, 0.5) is 0 Å². The number of hydrogen-bond donors (Lipinski definition) is 1. The minimum atomic E-state index is -1.30. The van der Waals surface area contributed by atoms with E-state index in [1.54, 1.807) is 46.1 Å². The van der Waals surface area contributed by atoms with Crippen LogP contribution in [-0.2, 0) is 16.6 Å². The van der Waals surface area contributed by atoms with Crippen molar-refractivity contribution in [3.05, 3.63) is 54.4 Å². The van der Waals surface area contributed by atoms with E-state index in [1.807, 2.05) is 19.3 Å². The fraction of sp³-hybridized carbons (Fsp3) is 0.316. The summed E-state index contributed by atoms with van der Waals surface area (Å²) in [7, 11) is 1.81. The maximum atomic E-state index is 12.3. The number of piperidine rings is 1. The molecule has 1 fully saturated rings. The first-order chi connectivity index (χ1) is 12.5. The Kier molecular flexibility index (Phi) is 5.06. The molecule has 136 valence electrons. The average Bonchev–Trinajstić information content (AvgIpc) is 3.06. The number of benzene rings is 1. The summed E-state index contributed by atoms with van der Waals surface area (Å²) in [4.78, 5) is 25.8. The van der Waals surface area contributed by atoms with Crippen LogP contribution in [0.3, 0.4) is 0 Å². The second kappa shape index (κ2) is 7.43. The first-order valence-corrected chi connectivity index (χ1v) is 8.42. The zero-order valence-electron chi connectivity index (χ0n) is 14.5. The molecule has 1 amide bonds. The van der Waals surface area contributed by atoms with Crippen molar-refractivity contribution in [3.63, 3.8) is 0 Å². The van der Waals surface area contributed by atoms with E-state index in [0.717, 1.165) is 5.56 Å². The summed E-state index contributed by atoms with van der Waals surface area (Å²) in [6.07, 6.45) is 7.15. The Morgan fingerprint density at radius 3 is 2.50 bits per heavy atom. The third-order valence-corrected chi connectivity index (χ3v) is 4.47. The highest BCUT2D eigenvalue weighted by atomic mass is 16.5. The van der Waals surface area contributed by atoms with Crippen LogP contribution >= 0.6 is 0 Å². The second-order valence-electron chi connectivity index (χ2n) is 6.32. The predicted octanol–water partition coefficient (Wildman–Crippen LogP) is 1.96. The lowest BCUT2D eigenvalue weighted by molar-refractivity contribution is -0.161. The zero-order valence-corrected chi connectivity index (χ0v) is 14.5. The van der Waals surface area contributed by atoms with Gasteiger partial charge in [-0.2, -0.15) is 5.10 Å². The molecule has 3 rings (SSSR count). The van der Waals surface area contributed by atoms with Gasteiger partial charge in [-0.25, -0.2) is 4.79 Å². The van der Waals surface area contributed by atoms with Crippen molar-refractivity contribution in [2.45, 2.75) is 18.4 Å². The second-order valence-corrected chi connectivity index (χ2v) is 6.32. The van der Waals surface area contributed by atoms with E-state index in [9.17, 15) is 14.7 Å². The van der Waals surface area contributed by atoms with Crippen molar-refractivity contribution in [2.75, 3.05) is 13.1 Å². The van der Waals surface area contributed by atoms with Gasteiger partial charge in [0.25, 0.3) is 0 Å². The smallest absolute Gasteiger partial charge is 0.348 e. The van der Waals surface area contributed by atoms with Crippen LogP contribution in [0.1, 0.15) is 18.4 Å². The highest BCUT2D eigenvalue weighted by Gasteiger charge is 2.44. The van der Waals surface area contributed by atoms with Gasteiger partial charge in [-0.05, 0) is 18.2 Å². The fourth-order valence-corrected chi connectivity index (χ4v) is 2.96. The molecule has 1 aliphatic rings. The summed E-state index contributed by atoms with van der Waals surface area (Å²) in [5, 5.41) is 13.7. The van der Waals surface area contributed by atoms with Crippen LogP contribution in [0.15, 0.2) is 48.8 Å². The fourth-order valence-electron chi connectivity index (χ4n) is 2.96. The Morgan fingerprint density at radius 2 is 1.92 bits per heavy atom. The van der Waals surface area contributed by atoms with Gasteiger partial charge in [0.05, 0.1) is 6.20 Å². The minimum Gasteiger partial charge on any atom is -0.478 e. The molecule has 26 heavy (non-hydrogen) atoms. The SMILES string of the molecule is Cn1cc(/C=C/C(=O)N2CCC(Oc3ccccc3)(C(=O)O)CC2)cn1. The molecule has 1 N–H and O–H groups in total. The first-order valence-electron chi connectivity index (χ1n) is 8.42. The maximum Gasteiger partial charge on any atom is 0.348 e. The molecule has 0 radical (unpaired) electrons. The van der Waals surface area contributed by atoms with Gasteiger partial charge < -0.3 is 14.7 Å². The van der Waals surface area contributed by atoms with Crippen molar-refractivity contribution in [2.24, 2.45) is 7.05 Å². The Hall–Kier alpha value is -3.09. The topological polar surface area (TPSA) is 84.7 Å². The molecule has 7 heteroatoms. The number of rotatable bonds is 5. The number of carbonyl (C=O) groups is 2. The molecule has 0 bridgehead atoms. The summed E-state index contributed by atoms with van der Waals surface area (Å²) in [5.74, 6) is -0.627. The molecule has 1 saturated heterocycles. The van der Waals surface area contributed by atoms with Gasteiger partial charge in [0.2, 0.25) is 11.5 Å².